The van der Waals surface area contributed by atoms with Gasteiger partial charge >= 0.3 is 0 Å². The molecule has 1 aromatic rings. The van der Waals surface area contributed by atoms with Gasteiger partial charge in [-0.05, 0) is 31.1 Å². The van der Waals surface area contributed by atoms with Crippen LogP contribution in [0.4, 0.5) is 4.39 Å². The second-order valence-electron chi connectivity index (χ2n) is 5.59. The maximum atomic E-state index is 13.6. The third kappa shape index (κ3) is 3.01. The molecule has 21 heavy (non-hydrogen) atoms. The Morgan fingerprint density at radius 1 is 1.52 bits per heavy atom. The van der Waals surface area contributed by atoms with Gasteiger partial charge in [-0.2, -0.15) is 0 Å². The predicted molar refractivity (Wildman–Crippen MR) is 74.1 cm³/mol. The molecule has 5 nitrogen and oxygen atoms in total. The lowest BCUT2D eigenvalue weighted by Crippen LogP contribution is -2.49. The molecule has 1 atom stereocenters. The number of carbonyl (C=O) groups is 1. The molecular weight excluding hydrogens is 275 g/mol. The summed E-state index contributed by atoms with van der Waals surface area (Å²) in [6.45, 7) is 4.44. The average molecular weight is 294 g/mol. The lowest BCUT2D eigenvalue weighted by molar-refractivity contribution is -0.126. The molecule has 6 heteroatoms. The summed E-state index contributed by atoms with van der Waals surface area (Å²) >= 11 is 0. The van der Waals surface area contributed by atoms with Crippen molar-refractivity contribution in [1.29, 1.82) is 0 Å². The molecule has 0 radical (unpaired) electrons. The number of benzene rings is 1. The minimum absolute atomic E-state index is 0.00780. The summed E-state index contributed by atoms with van der Waals surface area (Å²) < 4.78 is 24.2. The van der Waals surface area contributed by atoms with Crippen molar-refractivity contribution in [3.8, 4) is 5.75 Å². The molecule has 2 aliphatic heterocycles. The number of hydrogen-bond acceptors (Lipinski definition) is 4. The first kappa shape index (κ1) is 14.3. The second kappa shape index (κ2) is 5.99. The predicted octanol–water partition coefficient (Wildman–Crippen LogP) is 1.16. The molecule has 0 saturated carbocycles. The molecular formula is C15H19FN2O3. The summed E-state index contributed by atoms with van der Waals surface area (Å²) in [5.41, 5.74) is 1.34. The maximum absolute atomic E-state index is 13.6. The molecule has 3 rings (SSSR count). The normalized spacial score (nSPS) is 19.1. The number of halogens is 1. The Hall–Kier alpha value is -1.66. The summed E-state index contributed by atoms with van der Waals surface area (Å²) in [5.74, 6) is 0.617. The third-order valence-corrected chi connectivity index (χ3v) is 4.14. The van der Waals surface area contributed by atoms with Gasteiger partial charge in [-0.15, -0.1) is 0 Å². The Labute approximate surface area is 122 Å². The number of nitrogens with one attached hydrogen (secondary N) is 2. The van der Waals surface area contributed by atoms with Crippen LogP contribution >= 0.6 is 0 Å². The number of carbonyl (C=O) groups excluding carboxylic acids is 1. The second-order valence-corrected chi connectivity index (χ2v) is 5.59. The standard InChI is InChI=1S/C15H19FN2O3/c1-9(12-4-17-5-12)15(19)18-6-10-2-13(16)3-11-7-20-8-21-14(10)11/h2-3,9,12,17H,4-8H2,1H3,(H,18,19). The topological polar surface area (TPSA) is 59.6 Å². The van der Waals surface area contributed by atoms with Crippen LogP contribution in [0.3, 0.4) is 0 Å². The van der Waals surface area contributed by atoms with Crippen LogP contribution in [0.5, 0.6) is 5.75 Å². The molecule has 0 spiro atoms. The Morgan fingerprint density at radius 3 is 3.05 bits per heavy atom. The minimum Gasteiger partial charge on any atom is -0.467 e. The number of amides is 1. The molecule has 1 amide bonds. The van der Waals surface area contributed by atoms with E-state index in [4.69, 9.17) is 9.47 Å². The van der Waals surface area contributed by atoms with Crippen LogP contribution in [0, 0.1) is 17.7 Å². The number of ether oxygens (including phenoxy) is 2. The first-order chi connectivity index (χ1) is 10.1. The quantitative estimate of drug-likeness (QED) is 0.875. The zero-order valence-corrected chi connectivity index (χ0v) is 11.9. The highest BCUT2D eigenvalue weighted by Gasteiger charge is 2.28. The van der Waals surface area contributed by atoms with Gasteiger partial charge in [-0.25, -0.2) is 4.39 Å². The van der Waals surface area contributed by atoms with E-state index < -0.39 is 0 Å². The molecule has 114 valence electrons. The van der Waals surface area contributed by atoms with Gasteiger partial charge in [0.2, 0.25) is 5.91 Å². The van der Waals surface area contributed by atoms with Crippen LogP contribution < -0.4 is 15.4 Å². The van der Waals surface area contributed by atoms with Gasteiger partial charge in [0.1, 0.15) is 11.6 Å². The highest BCUT2D eigenvalue weighted by molar-refractivity contribution is 5.78. The molecule has 1 fully saturated rings. The number of fused-ring (bicyclic) bond motifs is 1. The van der Waals surface area contributed by atoms with Crippen molar-refractivity contribution < 1.29 is 18.7 Å². The fraction of sp³-hybridized carbons (Fsp3) is 0.533. The van der Waals surface area contributed by atoms with Crippen molar-refractivity contribution in [2.45, 2.75) is 20.1 Å². The van der Waals surface area contributed by atoms with Crippen molar-refractivity contribution >= 4 is 5.91 Å². The monoisotopic (exact) mass is 294 g/mol. The van der Waals surface area contributed by atoms with Gasteiger partial charge in [0.05, 0.1) is 6.61 Å². The molecule has 1 unspecified atom stereocenters. The van der Waals surface area contributed by atoms with E-state index >= 15 is 0 Å². The Balaban J connectivity index is 1.67. The number of hydrogen-bond donors (Lipinski definition) is 2. The van der Waals surface area contributed by atoms with E-state index in [-0.39, 0.29) is 31.0 Å². The molecule has 0 aromatic heterocycles. The van der Waals surface area contributed by atoms with Gasteiger partial charge in [0, 0.05) is 23.6 Å². The zero-order chi connectivity index (χ0) is 14.8. The van der Waals surface area contributed by atoms with Gasteiger partial charge in [-0.3, -0.25) is 4.79 Å². The molecule has 1 aromatic carbocycles. The summed E-state index contributed by atoms with van der Waals surface area (Å²) in [6, 6.07) is 2.81. The highest BCUT2D eigenvalue weighted by atomic mass is 19.1. The maximum Gasteiger partial charge on any atom is 0.223 e. The molecule has 0 bridgehead atoms. The Bertz CT molecular complexity index is 546. The van der Waals surface area contributed by atoms with Crippen LogP contribution in [0.25, 0.3) is 0 Å². The SMILES string of the molecule is CC(C(=O)NCc1cc(F)cc2c1OCOC2)C1CNC1. The van der Waals surface area contributed by atoms with Crippen LogP contribution in [-0.4, -0.2) is 25.8 Å². The Kier molecular flexibility index (Phi) is 4.07. The van der Waals surface area contributed by atoms with E-state index in [1.807, 2.05) is 6.92 Å². The van der Waals surface area contributed by atoms with Gasteiger partial charge < -0.3 is 20.1 Å². The van der Waals surface area contributed by atoms with E-state index in [9.17, 15) is 9.18 Å². The summed E-state index contributed by atoms with van der Waals surface area (Å²) in [4.78, 5) is 12.1. The number of rotatable bonds is 4. The fourth-order valence-corrected chi connectivity index (χ4v) is 2.61. The van der Waals surface area contributed by atoms with Gasteiger partial charge in [0.15, 0.2) is 6.79 Å². The van der Waals surface area contributed by atoms with E-state index in [2.05, 4.69) is 10.6 Å². The van der Waals surface area contributed by atoms with Crippen molar-refractivity contribution in [3.63, 3.8) is 0 Å². The van der Waals surface area contributed by atoms with Crippen LogP contribution in [-0.2, 0) is 22.7 Å². The lowest BCUT2D eigenvalue weighted by Gasteiger charge is -2.31. The van der Waals surface area contributed by atoms with Crippen LogP contribution in [0.1, 0.15) is 18.1 Å². The summed E-state index contributed by atoms with van der Waals surface area (Å²) in [7, 11) is 0. The fourth-order valence-electron chi connectivity index (χ4n) is 2.61. The van der Waals surface area contributed by atoms with Crippen molar-refractivity contribution in [3.05, 3.63) is 29.1 Å². The van der Waals surface area contributed by atoms with Crippen molar-refractivity contribution in [2.75, 3.05) is 19.9 Å². The van der Waals surface area contributed by atoms with Crippen LogP contribution in [0.15, 0.2) is 12.1 Å². The largest absolute Gasteiger partial charge is 0.467 e. The van der Waals surface area contributed by atoms with E-state index in [0.29, 0.717) is 29.4 Å². The summed E-state index contributed by atoms with van der Waals surface area (Å²) in [5, 5.41) is 6.03. The van der Waals surface area contributed by atoms with E-state index in [1.54, 1.807) is 0 Å². The Morgan fingerprint density at radius 2 is 2.33 bits per heavy atom. The van der Waals surface area contributed by atoms with Gasteiger partial charge in [0.25, 0.3) is 0 Å². The van der Waals surface area contributed by atoms with Gasteiger partial charge in [-0.1, -0.05) is 6.92 Å². The van der Waals surface area contributed by atoms with Crippen molar-refractivity contribution in [2.24, 2.45) is 11.8 Å². The van der Waals surface area contributed by atoms with E-state index in [0.717, 1.165) is 13.1 Å². The molecule has 2 N–H and O–H groups in total. The first-order valence-electron chi connectivity index (χ1n) is 7.15. The molecule has 2 heterocycles. The lowest BCUT2D eigenvalue weighted by atomic mass is 9.88. The average Bonchev–Trinajstić information content (AvgIpc) is 2.42. The third-order valence-electron chi connectivity index (χ3n) is 4.14. The smallest absolute Gasteiger partial charge is 0.223 e. The van der Waals surface area contributed by atoms with Crippen LogP contribution in [0.2, 0.25) is 0 Å². The molecule has 1 saturated heterocycles. The first-order valence-corrected chi connectivity index (χ1v) is 7.15. The zero-order valence-electron chi connectivity index (χ0n) is 11.9. The minimum atomic E-state index is -0.344. The molecule has 0 aliphatic carbocycles. The molecule has 2 aliphatic rings. The highest BCUT2D eigenvalue weighted by Crippen LogP contribution is 2.29. The van der Waals surface area contributed by atoms with Crippen molar-refractivity contribution in [1.82, 2.24) is 10.6 Å². The summed E-state index contributed by atoms with van der Waals surface area (Å²) in [6.07, 6.45) is 0. The van der Waals surface area contributed by atoms with E-state index in [1.165, 1.54) is 12.1 Å².